The molecular formula is C12H19N3O. The van der Waals surface area contributed by atoms with Gasteiger partial charge in [0.15, 0.2) is 0 Å². The van der Waals surface area contributed by atoms with Gasteiger partial charge in [-0.3, -0.25) is 0 Å². The Balaban J connectivity index is 1.66. The maximum Gasteiger partial charge on any atom is 0.138 e. The van der Waals surface area contributed by atoms with Gasteiger partial charge < -0.3 is 15.0 Å². The van der Waals surface area contributed by atoms with Crippen molar-refractivity contribution < 1.29 is 4.74 Å². The summed E-state index contributed by atoms with van der Waals surface area (Å²) in [5.41, 5.74) is 1.06. The third-order valence-electron chi connectivity index (χ3n) is 3.77. The van der Waals surface area contributed by atoms with Gasteiger partial charge in [-0.05, 0) is 32.1 Å². The van der Waals surface area contributed by atoms with Crippen LogP contribution < -0.4 is 5.32 Å². The van der Waals surface area contributed by atoms with Crippen LogP contribution in [0.2, 0.25) is 0 Å². The van der Waals surface area contributed by atoms with Gasteiger partial charge in [0, 0.05) is 31.6 Å². The summed E-state index contributed by atoms with van der Waals surface area (Å²) in [6, 6.07) is 0.742. The summed E-state index contributed by atoms with van der Waals surface area (Å²) in [5, 5.41) is 3.48. The first-order valence-corrected chi connectivity index (χ1v) is 6.15. The van der Waals surface area contributed by atoms with E-state index in [0.717, 1.165) is 31.3 Å². The van der Waals surface area contributed by atoms with Crippen LogP contribution in [0, 0.1) is 0 Å². The second-order valence-corrected chi connectivity index (χ2v) is 4.96. The molecule has 0 amide bonds. The van der Waals surface area contributed by atoms with E-state index in [9.17, 15) is 0 Å². The molecule has 1 aromatic heterocycles. The summed E-state index contributed by atoms with van der Waals surface area (Å²) in [5.74, 6) is 1.01. The molecule has 0 spiro atoms. The Morgan fingerprint density at radius 2 is 2.38 bits per heavy atom. The van der Waals surface area contributed by atoms with Crippen LogP contribution in [0.5, 0.6) is 0 Å². The van der Waals surface area contributed by atoms with E-state index in [2.05, 4.69) is 15.3 Å². The summed E-state index contributed by atoms with van der Waals surface area (Å²) in [6.07, 6.45) is 8.00. The zero-order valence-electron chi connectivity index (χ0n) is 9.75. The van der Waals surface area contributed by atoms with Crippen LogP contribution in [0.1, 0.15) is 43.6 Å². The second-order valence-electron chi connectivity index (χ2n) is 4.96. The number of ether oxygens (including phenoxy) is 1. The van der Waals surface area contributed by atoms with Gasteiger partial charge in [-0.25, -0.2) is 4.98 Å². The molecule has 2 saturated carbocycles. The Kier molecular flexibility index (Phi) is 2.48. The highest BCUT2D eigenvalue weighted by Gasteiger charge is 2.41. The summed E-state index contributed by atoms with van der Waals surface area (Å²) < 4.78 is 5.60. The number of H-pyrrole nitrogens is 1. The number of methoxy groups -OCH3 is 1. The lowest BCUT2D eigenvalue weighted by atomic mass is 9.79. The van der Waals surface area contributed by atoms with Crippen LogP contribution in [0.25, 0.3) is 0 Å². The Hall–Kier alpha value is -0.870. The molecule has 0 aliphatic heterocycles. The van der Waals surface area contributed by atoms with E-state index in [1.165, 1.54) is 25.0 Å². The van der Waals surface area contributed by atoms with Crippen LogP contribution in [0.15, 0.2) is 6.20 Å². The molecule has 0 unspecified atom stereocenters. The minimum atomic E-state index is -0.113. The maximum absolute atomic E-state index is 5.60. The molecule has 2 aliphatic carbocycles. The van der Waals surface area contributed by atoms with E-state index in [0.29, 0.717) is 0 Å². The molecule has 0 radical (unpaired) electrons. The topological polar surface area (TPSA) is 49.9 Å². The molecule has 0 saturated heterocycles. The lowest BCUT2D eigenvalue weighted by Crippen LogP contribution is -2.37. The highest BCUT2D eigenvalue weighted by atomic mass is 16.5. The van der Waals surface area contributed by atoms with Gasteiger partial charge in [0.25, 0.3) is 0 Å². The summed E-state index contributed by atoms with van der Waals surface area (Å²) in [4.78, 5) is 7.85. The molecule has 0 aromatic carbocycles. The largest absolute Gasteiger partial charge is 0.370 e. The molecule has 2 fully saturated rings. The Bertz CT molecular complexity index is 361. The van der Waals surface area contributed by atoms with Gasteiger partial charge in [-0.1, -0.05) is 0 Å². The fourth-order valence-electron chi connectivity index (χ4n) is 2.26. The first-order valence-electron chi connectivity index (χ1n) is 6.15. The van der Waals surface area contributed by atoms with Crippen molar-refractivity contribution in [2.24, 2.45) is 0 Å². The number of aromatic nitrogens is 2. The molecule has 4 nitrogen and oxygen atoms in total. The molecule has 1 heterocycles. The summed E-state index contributed by atoms with van der Waals surface area (Å²) in [6.45, 7) is 0.900. The Morgan fingerprint density at radius 1 is 1.56 bits per heavy atom. The van der Waals surface area contributed by atoms with Crippen molar-refractivity contribution in [1.82, 2.24) is 15.3 Å². The van der Waals surface area contributed by atoms with Crippen molar-refractivity contribution in [2.45, 2.75) is 50.3 Å². The van der Waals surface area contributed by atoms with E-state index in [1.807, 2.05) is 6.20 Å². The third-order valence-corrected chi connectivity index (χ3v) is 3.77. The molecule has 2 aliphatic rings. The molecule has 3 rings (SSSR count). The van der Waals surface area contributed by atoms with Gasteiger partial charge in [0.2, 0.25) is 0 Å². The monoisotopic (exact) mass is 221 g/mol. The Morgan fingerprint density at radius 3 is 2.94 bits per heavy atom. The van der Waals surface area contributed by atoms with Crippen molar-refractivity contribution >= 4 is 0 Å². The highest BCUT2D eigenvalue weighted by Crippen LogP contribution is 2.42. The van der Waals surface area contributed by atoms with E-state index in [1.54, 1.807) is 7.11 Å². The number of hydrogen-bond donors (Lipinski definition) is 2. The van der Waals surface area contributed by atoms with E-state index in [4.69, 9.17) is 4.74 Å². The van der Waals surface area contributed by atoms with Crippen LogP contribution >= 0.6 is 0 Å². The van der Waals surface area contributed by atoms with Crippen molar-refractivity contribution in [2.75, 3.05) is 7.11 Å². The fraction of sp³-hybridized carbons (Fsp3) is 0.750. The second kappa shape index (κ2) is 3.86. The zero-order valence-corrected chi connectivity index (χ0v) is 9.75. The molecule has 4 heteroatoms. The number of rotatable bonds is 5. The van der Waals surface area contributed by atoms with E-state index < -0.39 is 0 Å². The minimum Gasteiger partial charge on any atom is -0.370 e. The standard InChI is InChI=1S/C12H19N3O/c1-16-12(5-2-6-12)11-14-8-10(15-11)7-13-9-3-4-9/h8-9,13H,2-7H2,1H3,(H,14,15). The zero-order chi connectivity index (χ0) is 11.0. The van der Waals surface area contributed by atoms with Crippen LogP contribution in [-0.4, -0.2) is 23.1 Å². The van der Waals surface area contributed by atoms with Crippen molar-refractivity contribution in [3.63, 3.8) is 0 Å². The molecule has 0 atom stereocenters. The molecule has 2 N–H and O–H groups in total. The number of nitrogens with one attached hydrogen (secondary N) is 2. The first kappa shape index (κ1) is 10.3. The van der Waals surface area contributed by atoms with Gasteiger partial charge in [-0.2, -0.15) is 0 Å². The minimum absolute atomic E-state index is 0.113. The van der Waals surface area contributed by atoms with Crippen LogP contribution in [0.4, 0.5) is 0 Å². The van der Waals surface area contributed by atoms with Gasteiger partial charge >= 0.3 is 0 Å². The molecular weight excluding hydrogens is 202 g/mol. The first-order chi connectivity index (χ1) is 7.82. The summed E-state index contributed by atoms with van der Waals surface area (Å²) >= 11 is 0. The van der Waals surface area contributed by atoms with Crippen molar-refractivity contribution in [3.05, 3.63) is 17.7 Å². The van der Waals surface area contributed by atoms with E-state index >= 15 is 0 Å². The van der Waals surface area contributed by atoms with Crippen LogP contribution in [0.3, 0.4) is 0 Å². The fourth-order valence-corrected chi connectivity index (χ4v) is 2.26. The molecule has 88 valence electrons. The van der Waals surface area contributed by atoms with E-state index in [-0.39, 0.29) is 5.60 Å². The average molecular weight is 221 g/mol. The number of nitrogens with zero attached hydrogens (tertiary/aromatic N) is 1. The Labute approximate surface area is 95.8 Å². The molecule has 0 bridgehead atoms. The predicted molar refractivity (Wildman–Crippen MR) is 61.0 cm³/mol. The number of aromatic amines is 1. The van der Waals surface area contributed by atoms with Gasteiger partial charge in [0.05, 0.1) is 0 Å². The lowest BCUT2D eigenvalue weighted by Gasteiger charge is -2.38. The van der Waals surface area contributed by atoms with Crippen LogP contribution in [-0.2, 0) is 16.9 Å². The molecule has 16 heavy (non-hydrogen) atoms. The highest BCUT2D eigenvalue weighted by molar-refractivity contribution is 5.12. The van der Waals surface area contributed by atoms with Crippen molar-refractivity contribution in [3.8, 4) is 0 Å². The SMILES string of the molecule is COC1(c2ncc(CNC3CC3)[nH]2)CCC1. The average Bonchev–Trinajstić information content (AvgIpc) is 2.95. The van der Waals surface area contributed by atoms with Gasteiger partial charge in [0.1, 0.15) is 11.4 Å². The lowest BCUT2D eigenvalue weighted by molar-refractivity contribution is -0.0841. The number of imidazole rings is 1. The number of hydrogen-bond acceptors (Lipinski definition) is 3. The normalized spacial score (nSPS) is 23.1. The maximum atomic E-state index is 5.60. The predicted octanol–water partition coefficient (Wildman–Crippen LogP) is 1.69. The summed E-state index contributed by atoms with van der Waals surface area (Å²) in [7, 11) is 1.78. The smallest absolute Gasteiger partial charge is 0.138 e. The quantitative estimate of drug-likeness (QED) is 0.795. The van der Waals surface area contributed by atoms with Gasteiger partial charge in [-0.15, -0.1) is 0 Å². The molecule has 1 aromatic rings. The van der Waals surface area contributed by atoms with Crippen molar-refractivity contribution in [1.29, 1.82) is 0 Å². The third kappa shape index (κ3) is 1.76.